The summed E-state index contributed by atoms with van der Waals surface area (Å²) in [7, 11) is 4.88. The van der Waals surface area contributed by atoms with Crippen LogP contribution in [0.15, 0.2) is 98.4 Å². The number of fused-ring (bicyclic) bond motifs is 2. The number of aryl methyl sites for hydroxylation is 2. The summed E-state index contributed by atoms with van der Waals surface area (Å²) in [5, 5.41) is 10.9. The summed E-state index contributed by atoms with van der Waals surface area (Å²) in [6, 6.07) is 12.0. The number of anilines is 3. The van der Waals surface area contributed by atoms with Crippen molar-refractivity contribution in [2.24, 2.45) is 14.1 Å². The molecule has 410 valence electrons. The van der Waals surface area contributed by atoms with Gasteiger partial charge in [0.1, 0.15) is 30.6 Å². The number of nitrogens with zero attached hydrogens (tertiary/aromatic N) is 4. The molecule has 0 saturated carbocycles. The fourth-order valence-corrected chi connectivity index (χ4v) is 8.95. The summed E-state index contributed by atoms with van der Waals surface area (Å²) in [6.45, 7) is 13.8. The highest BCUT2D eigenvalue weighted by Gasteiger charge is 2.48. The number of carbonyl (C=O) groups excluding carboxylic acids is 7. The number of methoxy groups -OCH3 is 1. The van der Waals surface area contributed by atoms with Crippen LogP contribution >= 0.6 is 0 Å². The molecule has 22 heteroatoms. The van der Waals surface area contributed by atoms with E-state index in [1.54, 1.807) is 64.7 Å². The molecule has 4 aromatic rings. The maximum absolute atomic E-state index is 14.3. The lowest BCUT2D eigenvalue weighted by Gasteiger charge is -2.38. The molecule has 0 radical (unpaired) electrons. The van der Waals surface area contributed by atoms with E-state index in [1.807, 2.05) is 18.3 Å². The molecule has 2 unspecified atom stereocenters. The van der Waals surface area contributed by atoms with Gasteiger partial charge in [-0.3, -0.25) is 19.2 Å². The van der Waals surface area contributed by atoms with Crippen LogP contribution < -0.4 is 35.6 Å². The van der Waals surface area contributed by atoms with Crippen LogP contribution in [0, 0.1) is 0 Å². The number of carbonyl (C=O) groups is 7. The third kappa shape index (κ3) is 14.3. The van der Waals surface area contributed by atoms with Gasteiger partial charge in [0.15, 0.2) is 24.0 Å². The first-order valence-corrected chi connectivity index (χ1v) is 25.3. The predicted molar refractivity (Wildman–Crippen MR) is 284 cm³/mol. The zero-order chi connectivity index (χ0) is 55.2. The Morgan fingerprint density at radius 1 is 0.831 bits per heavy atom. The number of alkyl carbamates (subject to hydrolysis) is 1. The first-order valence-electron chi connectivity index (χ1n) is 25.3. The summed E-state index contributed by atoms with van der Waals surface area (Å²) in [5.74, 6) is -1.57. The van der Waals surface area contributed by atoms with Gasteiger partial charge in [-0.1, -0.05) is 49.6 Å². The lowest BCUT2D eigenvalue weighted by molar-refractivity contribution is -0.195. The molecule has 4 N–H and O–H groups in total. The Hall–Kier alpha value is -8.37. The zero-order valence-electron chi connectivity index (χ0n) is 43.8. The molecule has 77 heavy (non-hydrogen) atoms. The molecular weight excluding hydrogens is 997 g/mol. The van der Waals surface area contributed by atoms with Crippen molar-refractivity contribution in [3.8, 4) is 22.6 Å². The number of nitrogens with one attached hydrogen (secondary N) is 4. The van der Waals surface area contributed by atoms with E-state index in [1.165, 1.54) is 37.2 Å². The van der Waals surface area contributed by atoms with E-state index >= 15 is 0 Å². The van der Waals surface area contributed by atoms with Crippen LogP contribution in [0.1, 0.15) is 83.2 Å². The van der Waals surface area contributed by atoms with Gasteiger partial charge in [0.25, 0.3) is 17.7 Å². The maximum Gasteiger partial charge on any atom is 0.416 e. The van der Waals surface area contributed by atoms with Crippen molar-refractivity contribution in [1.82, 2.24) is 24.7 Å². The molecule has 4 atom stereocenters. The average Bonchev–Trinajstić information content (AvgIpc) is 4.20. The molecule has 3 aliphatic heterocycles. The normalized spacial score (nSPS) is 17.2. The van der Waals surface area contributed by atoms with Crippen LogP contribution in [0.3, 0.4) is 0 Å². The number of hydrogen-bond acceptors (Lipinski definition) is 14. The van der Waals surface area contributed by atoms with Gasteiger partial charge in [-0.2, -0.15) is 0 Å². The monoisotopic (exact) mass is 1060 g/mol. The van der Waals surface area contributed by atoms with Crippen molar-refractivity contribution < 1.29 is 66.7 Å². The summed E-state index contributed by atoms with van der Waals surface area (Å²) in [5.41, 5.74) is 4.39. The fourth-order valence-electron chi connectivity index (χ4n) is 8.95. The van der Waals surface area contributed by atoms with Crippen LogP contribution in [-0.2, 0) is 47.4 Å². The molecule has 6 amide bonds. The highest BCUT2D eigenvalue weighted by atomic mass is 16.7. The summed E-state index contributed by atoms with van der Waals surface area (Å²) < 4.78 is 43.2. The number of aromatic nitrogens is 2. The van der Waals surface area contributed by atoms with E-state index in [0.29, 0.717) is 42.9 Å². The number of ether oxygens (including phenoxy) is 7. The molecule has 2 aromatic heterocycles. The molecule has 5 heterocycles. The number of amides is 6. The van der Waals surface area contributed by atoms with Crippen molar-refractivity contribution in [1.29, 1.82) is 0 Å². The van der Waals surface area contributed by atoms with E-state index in [9.17, 15) is 33.6 Å². The van der Waals surface area contributed by atoms with Crippen molar-refractivity contribution in [3.63, 3.8) is 0 Å². The minimum Gasteiger partial charge on any atom is -0.493 e. The van der Waals surface area contributed by atoms with Crippen LogP contribution in [0.5, 0.6) is 11.5 Å². The summed E-state index contributed by atoms with van der Waals surface area (Å²) in [6.07, 6.45) is 6.61. The average molecular weight is 1060 g/mol. The topological polar surface area (TPSA) is 249 Å². The molecule has 7 rings (SSSR count). The Kier molecular flexibility index (Phi) is 19.3. The number of esters is 1. The highest BCUT2D eigenvalue weighted by Crippen LogP contribution is 2.43. The number of benzene rings is 2. The van der Waals surface area contributed by atoms with Gasteiger partial charge in [0.05, 0.1) is 43.3 Å². The SMILES string of the molecule is C=CCOC(=O)N[C@@H](C)C(=O)OCCCNC(=O)c1cc(-c2ccc(NC(=O)c3cc(NC(=O)CCCOc4cc5c(cc4OC)C(=O)N4CC(=C)C[C@H]4C(OC4CCCCO4)N5C(=O)OCC=C)cn3C)cc2)cn1C. The van der Waals surface area contributed by atoms with Gasteiger partial charge in [0.2, 0.25) is 5.91 Å². The third-order valence-corrected chi connectivity index (χ3v) is 12.8. The Balaban J connectivity index is 0.902. The largest absolute Gasteiger partial charge is 0.493 e. The van der Waals surface area contributed by atoms with E-state index in [-0.39, 0.29) is 98.5 Å². The van der Waals surface area contributed by atoms with E-state index < -0.39 is 48.7 Å². The van der Waals surface area contributed by atoms with Crippen molar-refractivity contribution in [3.05, 3.63) is 115 Å². The Labute approximate surface area is 446 Å². The van der Waals surface area contributed by atoms with Crippen molar-refractivity contribution in [2.75, 3.05) is 68.8 Å². The van der Waals surface area contributed by atoms with Gasteiger partial charge < -0.3 is 68.5 Å². The standard InChI is InChI=1S/C55H66N8O14/c1-8-21-75-54(69)57-35(4)53(68)74-25-13-20-56-49(65)42-27-37(32-60(42)5)36-16-18-38(19-17-36)59-50(66)43-28-39(33-61(43)6)58-47(64)14-12-24-72-46-30-41-40(29-45(46)71-7)51(67)62-31-34(3)26-44(62)52(63(41)55(70)76-22-9-2)77-48-15-10-11-23-73-48/h8-9,16-19,27-30,32-33,35,44,48,52H,1-3,10-15,20-26,31H2,4-7H3,(H,56,65)(H,57,69)(H,58,64)(H,59,66)/t35-,44-,48?,52?/m0/s1. The molecule has 0 bridgehead atoms. The van der Waals surface area contributed by atoms with Crippen LogP contribution in [0.25, 0.3) is 11.1 Å². The van der Waals surface area contributed by atoms with E-state index in [4.69, 9.17) is 33.2 Å². The Bertz CT molecular complexity index is 2850. The van der Waals surface area contributed by atoms with Crippen LogP contribution in [0.2, 0.25) is 0 Å². The predicted octanol–water partition coefficient (Wildman–Crippen LogP) is 6.84. The second-order valence-electron chi connectivity index (χ2n) is 18.5. The number of rotatable bonds is 23. The second kappa shape index (κ2) is 26.4. The minimum absolute atomic E-state index is 0.00769. The van der Waals surface area contributed by atoms with Crippen LogP contribution in [0.4, 0.5) is 26.7 Å². The lowest BCUT2D eigenvalue weighted by atomic mass is 10.1. The second-order valence-corrected chi connectivity index (χ2v) is 18.5. The molecule has 2 fully saturated rings. The fraction of sp³-hybridized carbons (Fsp3) is 0.400. The summed E-state index contributed by atoms with van der Waals surface area (Å²) >= 11 is 0. The third-order valence-electron chi connectivity index (χ3n) is 12.8. The van der Waals surface area contributed by atoms with Gasteiger partial charge in [-0.05, 0) is 81.3 Å². The first-order chi connectivity index (χ1) is 37.1. The van der Waals surface area contributed by atoms with Crippen molar-refractivity contribution >= 4 is 58.8 Å². The van der Waals surface area contributed by atoms with Gasteiger partial charge in [-0.15, -0.1) is 0 Å². The molecule has 22 nitrogen and oxygen atoms in total. The van der Waals surface area contributed by atoms with Gasteiger partial charge in [-0.25, -0.2) is 19.3 Å². The molecular formula is C55H66N8O14. The Morgan fingerprint density at radius 2 is 1.57 bits per heavy atom. The molecule has 2 aromatic carbocycles. The molecule has 0 spiro atoms. The summed E-state index contributed by atoms with van der Waals surface area (Å²) in [4.78, 5) is 94.7. The Morgan fingerprint density at radius 3 is 2.30 bits per heavy atom. The molecule has 3 aliphatic rings. The quantitative estimate of drug-likeness (QED) is 0.0257. The minimum atomic E-state index is -0.989. The lowest BCUT2D eigenvalue weighted by Crippen LogP contribution is -2.54. The zero-order valence-corrected chi connectivity index (χ0v) is 43.8. The maximum atomic E-state index is 14.3. The van der Waals surface area contributed by atoms with E-state index in [2.05, 4.69) is 41.0 Å². The van der Waals surface area contributed by atoms with Gasteiger partial charge >= 0.3 is 18.2 Å². The highest BCUT2D eigenvalue weighted by molar-refractivity contribution is 6.07. The smallest absolute Gasteiger partial charge is 0.416 e. The number of hydrogen-bond donors (Lipinski definition) is 4. The van der Waals surface area contributed by atoms with Crippen molar-refractivity contribution in [2.45, 2.75) is 76.5 Å². The van der Waals surface area contributed by atoms with Gasteiger partial charge in [0, 0.05) is 69.9 Å². The van der Waals surface area contributed by atoms with E-state index in [0.717, 1.165) is 29.5 Å². The molecule has 2 saturated heterocycles. The first kappa shape index (κ1) is 56.4. The van der Waals surface area contributed by atoms with Crippen LogP contribution in [-0.4, -0.2) is 134 Å². The molecule has 0 aliphatic carbocycles.